The molecule has 0 saturated carbocycles. The fourth-order valence-corrected chi connectivity index (χ4v) is 2.73. The Bertz CT molecular complexity index is 515. The zero-order valence-electron chi connectivity index (χ0n) is 10.9. The number of rotatable bonds is 5. The molecule has 0 amide bonds. The van der Waals surface area contributed by atoms with Crippen molar-refractivity contribution < 1.29 is 0 Å². The molecule has 0 fully saturated rings. The first kappa shape index (κ1) is 13.1. The summed E-state index contributed by atoms with van der Waals surface area (Å²) in [5.41, 5.74) is 6.70. The molecule has 2 aromatic heterocycles. The Morgan fingerprint density at radius 1 is 1.39 bits per heavy atom. The standard InChI is InChI=1S/C11H18N6S/c1-8(2)17-10(6-12)13-14-11(17)18-7-9-4-5-16(3)15-9/h4-5,8H,6-7,12H2,1-3H3. The highest BCUT2D eigenvalue weighted by molar-refractivity contribution is 7.98. The zero-order chi connectivity index (χ0) is 13.1. The first-order valence-corrected chi connectivity index (χ1v) is 6.85. The van der Waals surface area contributed by atoms with E-state index in [1.807, 2.05) is 19.3 Å². The molecule has 0 aromatic carbocycles. The lowest BCUT2D eigenvalue weighted by Crippen LogP contribution is -2.11. The average Bonchev–Trinajstić information content (AvgIpc) is 2.92. The molecule has 18 heavy (non-hydrogen) atoms. The third kappa shape index (κ3) is 2.73. The van der Waals surface area contributed by atoms with Crippen LogP contribution >= 0.6 is 11.8 Å². The Morgan fingerprint density at radius 2 is 2.17 bits per heavy atom. The van der Waals surface area contributed by atoms with E-state index in [2.05, 4.69) is 33.7 Å². The molecule has 0 spiro atoms. The minimum Gasteiger partial charge on any atom is -0.324 e. The van der Waals surface area contributed by atoms with E-state index in [9.17, 15) is 0 Å². The van der Waals surface area contributed by atoms with Gasteiger partial charge in [0.2, 0.25) is 0 Å². The van der Waals surface area contributed by atoms with Crippen molar-refractivity contribution >= 4 is 11.8 Å². The van der Waals surface area contributed by atoms with Crippen molar-refractivity contribution in [3.63, 3.8) is 0 Å². The Hall–Kier alpha value is -1.34. The van der Waals surface area contributed by atoms with Crippen LogP contribution in [-0.2, 0) is 19.3 Å². The summed E-state index contributed by atoms with van der Waals surface area (Å²) in [7, 11) is 1.91. The Morgan fingerprint density at radius 3 is 2.72 bits per heavy atom. The van der Waals surface area contributed by atoms with Crippen molar-refractivity contribution in [3.05, 3.63) is 23.8 Å². The van der Waals surface area contributed by atoms with E-state index in [1.54, 1.807) is 16.4 Å². The van der Waals surface area contributed by atoms with Crippen molar-refractivity contribution in [1.29, 1.82) is 0 Å². The highest BCUT2D eigenvalue weighted by Crippen LogP contribution is 2.24. The molecule has 98 valence electrons. The normalized spacial score (nSPS) is 11.4. The van der Waals surface area contributed by atoms with Gasteiger partial charge in [0, 0.05) is 25.0 Å². The fourth-order valence-electron chi connectivity index (χ4n) is 1.74. The maximum absolute atomic E-state index is 5.66. The zero-order valence-corrected chi connectivity index (χ0v) is 11.7. The van der Waals surface area contributed by atoms with Gasteiger partial charge in [0.15, 0.2) is 5.16 Å². The highest BCUT2D eigenvalue weighted by atomic mass is 32.2. The van der Waals surface area contributed by atoms with Gasteiger partial charge in [-0.25, -0.2) is 0 Å². The molecule has 7 heteroatoms. The quantitative estimate of drug-likeness (QED) is 0.827. The van der Waals surface area contributed by atoms with Gasteiger partial charge in [0.25, 0.3) is 0 Å². The molecule has 0 saturated heterocycles. The maximum atomic E-state index is 5.66. The molecule has 0 aliphatic carbocycles. The predicted octanol–water partition coefficient (Wildman–Crippen LogP) is 1.34. The number of thioether (sulfide) groups is 1. The van der Waals surface area contributed by atoms with Gasteiger partial charge in [0.1, 0.15) is 5.82 Å². The second-order valence-electron chi connectivity index (χ2n) is 4.34. The molecule has 0 aliphatic heterocycles. The molecule has 2 aromatic rings. The van der Waals surface area contributed by atoms with Crippen LogP contribution in [0, 0.1) is 0 Å². The van der Waals surface area contributed by atoms with Crippen LogP contribution in [-0.4, -0.2) is 24.5 Å². The van der Waals surface area contributed by atoms with Gasteiger partial charge >= 0.3 is 0 Å². The lowest BCUT2D eigenvalue weighted by Gasteiger charge is -2.12. The van der Waals surface area contributed by atoms with E-state index in [1.165, 1.54) is 0 Å². The lowest BCUT2D eigenvalue weighted by atomic mass is 10.4. The van der Waals surface area contributed by atoms with Gasteiger partial charge in [-0.2, -0.15) is 5.10 Å². The van der Waals surface area contributed by atoms with Gasteiger partial charge in [0.05, 0.1) is 12.2 Å². The minimum absolute atomic E-state index is 0.310. The summed E-state index contributed by atoms with van der Waals surface area (Å²) < 4.78 is 3.88. The minimum atomic E-state index is 0.310. The molecule has 0 bridgehead atoms. The van der Waals surface area contributed by atoms with E-state index < -0.39 is 0 Å². The van der Waals surface area contributed by atoms with Crippen molar-refractivity contribution in [3.8, 4) is 0 Å². The number of nitrogens with two attached hydrogens (primary N) is 1. The first-order chi connectivity index (χ1) is 8.61. The second-order valence-corrected chi connectivity index (χ2v) is 5.28. The van der Waals surface area contributed by atoms with E-state index in [0.29, 0.717) is 12.6 Å². The molecule has 2 heterocycles. The summed E-state index contributed by atoms with van der Waals surface area (Å²) in [6.07, 6.45) is 1.94. The summed E-state index contributed by atoms with van der Waals surface area (Å²) in [4.78, 5) is 0. The summed E-state index contributed by atoms with van der Waals surface area (Å²) in [5, 5.41) is 13.5. The number of nitrogens with zero attached hydrogens (tertiary/aromatic N) is 5. The fraction of sp³-hybridized carbons (Fsp3) is 0.545. The van der Waals surface area contributed by atoms with Crippen LogP contribution in [0.25, 0.3) is 0 Å². The largest absolute Gasteiger partial charge is 0.324 e. The number of hydrogen-bond acceptors (Lipinski definition) is 5. The predicted molar refractivity (Wildman–Crippen MR) is 71.1 cm³/mol. The number of aromatic nitrogens is 5. The monoisotopic (exact) mass is 266 g/mol. The summed E-state index contributed by atoms with van der Waals surface area (Å²) in [5.74, 6) is 1.62. The molecular formula is C11H18N6S. The second kappa shape index (κ2) is 5.53. The van der Waals surface area contributed by atoms with Gasteiger partial charge in [-0.15, -0.1) is 10.2 Å². The van der Waals surface area contributed by atoms with Gasteiger partial charge in [-0.05, 0) is 19.9 Å². The third-order valence-electron chi connectivity index (χ3n) is 2.55. The number of aryl methyl sites for hydroxylation is 1. The topological polar surface area (TPSA) is 74.6 Å². The Balaban J connectivity index is 2.11. The van der Waals surface area contributed by atoms with Crippen LogP contribution in [0.15, 0.2) is 17.4 Å². The van der Waals surface area contributed by atoms with Crippen LogP contribution in [0.3, 0.4) is 0 Å². The van der Waals surface area contributed by atoms with Crippen molar-refractivity contribution in [1.82, 2.24) is 24.5 Å². The Kier molecular flexibility index (Phi) is 4.03. The summed E-state index contributed by atoms with van der Waals surface area (Å²) >= 11 is 1.64. The summed E-state index contributed by atoms with van der Waals surface area (Å²) in [6.45, 7) is 4.62. The lowest BCUT2D eigenvalue weighted by molar-refractivity contribution is 0.526. The molecule has 2 N–H and O–H groups in total. The van der Waals surface area contributed by atoms with Crippen molar-refractivity contribution in [2.45, 2.75) is 37.3 Å². The summed E-state index contributed by atoms with van der Waals surface area (Å²) in [6, 6.07) is 2.32. The molecular weight excluding hydrogens is 248 g/mol. The average molecular weight is 266 g/mol. The van der Waals surface area contributed by atoms with Crippen LogP contribution in [0.1, 0.15) is 31.4 Å². The van der Waals surface area contributed by atoms with Gasteiger partial charge in [-0.1, -0.05) is 11.8 Å². The SMILES string of the molecule is CC(C)n1c(CN)nnc1SCc1ccn(C)n1. The first-order valence-electron chi connectivity index (χ1n) is 5.87. The van der Waals surface area contributed by atoms with E-state index >= 15 is 0 Å². The van der Waals surface area contributed by atoms with Crippen molar-refractivity contribution in [2.75, 3.05) is 0 Å². The molecule has 6 nitrogen and oxygen atoms in total. The van der Waals surface area contributed by atoms with Crippen LogP contribution in [0.4, 0.5) is 0 Å². The van der Waals surface area contributed by atoms with Crippen molar-refractivity contribution in [2.24, 2.45) is 12.8 Å². The van der Waals surface area contributed by atoms with Crippen LogP contribution in [0.2, 0.25) is 0 Å². The van der Waals surface area contributed by atoms with E-state index in [4.69, 9.17) is 5.73 Å². The van der Waals surface area contributed by atoms with Gasteiger partial charge in [-0.3, -0.25) is 4.68 Å². The molecule has 0 atom stereocenters. The maximum Gasteiger partial charge on any atom is 0.191 e. The molecule has 0 aliphatic rings. The van der Waals surface area contributed by atoms with Crippen LogP contribution in [0.5, 0.6) is 0 Å². The molecule has 0 unspecified atom stereocenters. The molecule has 0 radical (unpaired) electrons. The van der Waals surface area contributed by atoms with Crippen LogP contribution < -0.4 is 5.73 Å². The Labute approximate surface area is 111 Å². The third-order valence-corrected chi connectivity index (χ3v) is 3.53. The highest BCUT2D eigenvalue weighted by Gasteiger charge is 2.14. The smallest absolute Gasteiger partial charge is 0.191 e. The van der Waals surface area contributed by atoms with E-state index in [0.717, 1.165) is 22.4 Å². The van der Waals surface area contributed by atoms with Gasteiger partial charge < -0.3 is 10.3 Å². The number of hydrogen-bond donors (Lipinski definition) is 1. The molecule has 2 rings (SSSR count). The van der Waals surface area contributed by atoms with E-state index in [-0.39, 0.29) is 0 Å².